The number of benzene rings is 3. The van der Waals surface area contributed by atoms with Gasteiger partial charge in [-0.25, -0.2) is 10.2 Å². The first-order chi connectivity index (χ1) is 14.0. The summed E-state index contributed by atoms with van der Waals surface area (Å²) in [5.41, 5.74) is 4.03. The molecule has 0 saturated heterocycles. The van der Waals surface area contributed by atoms with Crippen molar-refractivity contribution in [3.63, 3.8) is 0 Å². The molecule has 0 aromatic heterocycles. The highest BCUT2D eigenvalue weighted by molar-refractivity contribution is 9.10. The van der Waals surface area contributed by atoms with E-state index in [-0.39, 0.29) is 5.91 Å². The van der Waals surface area contributed by atoms with E-state index < -0.39 is 5.97 Å². The monoisotopic (exact) mass is 452 g/mol. The average molecular weight is 453 g/mol. The highest BCUT2D eigenvalue weighted by atomic mass is 79.9. The SMILES string of the molecule is COc1ccc(C(=O)Oc2cccc(C=NNC(=O)c3ccc(Br)cc3)c2)cc1. The zero-order chi connectivity index (χ0) is 20.6. The molecule has 29 heavy (non-hydrogen) atoms. The van der Waals surface area contributed by atoms with E-state index in [2.05, 4.69) is 26.5 Å². The van der Waals surface area contributed by atoms with Crippen LogP contribution in [-0.4, -0.2) is 25.2 Å². The molecule has 3 rings (SSSR count). The van der Waals surface area contributed by atoms with Gasteiger partial charge >= 0.3 is 5.97 Å². The fourth-order valence-corrected chi connectivity index (χ4v) is 2.65. The second kappa shape index (κ2) is 9.66. The Balaban J connectivity index is 1.61. The number of carbonyl (C=O) groups excluding carboxylic acids is 2. The standard InChI is InChI=1S/C22H17BrN2O4/c1-28-19-11-7-17(8-12-19)22(27)29-20-4-2-3-15(13-20)14-24-25-21(26)16-5-9-18(23)10-6-16/h2-14H,1H3,(H,25,26). The van der Waals surface area contributed by atoms with Gasteiger partial charge in [0.05, 0.1) is 18.9 Å². The summed E-state index contributed by atoms with van der Waals surface area (Å²) in [6.45, 7) is 0. The van der Waals surface area contributed by atoms with Crippen molar-refractivity contribution >= 4 is 34.0 Å². The van der Waals surface area contributed by atoms with Crippen LogP contribution in [0.4, 0.5) is 0 Å². The van der Waals surface area contributed by atoms with Gasteiger partial charge in [-0.15, -0.1) is 0 Å². The first-order valence-corrected chi connectivity index (χ1v) is 9.40. The number of methoxy groups -OCH3 is 1. The Morgan fingerprint density at radius 2 is 1.62 bits per heavy atom. The Bertz CT molecular complexity index is 1030. The number of hydrazone groups is 1. The normalized spacial score (nSPS) is 10.6. The van der Waals surface area contributed by atoms with Gasteiger partial charge < -0.3 is 9.47 Å². The summed E-state index contributed by atoms with van der Waals surface area (Å²) in [4.78, 5) is 24.3. The molecule has 3 aromatic carbocycles. The quantitative estimate of drug-likeness (QED) is 0.259. The van der Waals surface area contributed by atoms with E-state index >= 15 is 0 Å². The molecule has 0 bridgehead atoms. The van der Waals surface area contributed by atoms with Crippen molar-refractivity contribution in [3.8, 4) is 11.5 Å². The minimum Gasteiger partial charge on any atom is -0.497 e. The van der Waals surface area contributed by atoms with Crippen LogP contribution in [-0.2, 0) is 0 Å². The van der Waals surface area contributed by atoms with E-state index in [1.165, 1.54) is 6.21 Å². The second-order valence-electron chi connectivity index (χ2n) is 5.90. The van der Waals surface area contributed by atoms with Gasteiger partial charge in [0, 0.05) is 10.0 Å². The number of nitrogens with zero attached hydrogens (tertiary/aromatic N) is 1. The molecular formula is C22H17BrN2O4. The maximum atomic E-state index is 12.3. The van der Waals surface area contributed by atoms with Crippen molar-refractivity contribution in [3.05, 3.63) is 94.0 Å². The molecule has 146 valence electrons. The number of rotatable bonds is 6. The van der Waals surface area contributed by atoms with E-state index in [0.29, 0.717) is 28.2 Å². The minimum atomic E-state index is -0.481. The number of nitrogens with one attached hydrogen (secondary N) is 1. The molecule has 7 heteroatoms. The molecule has 6 nitrogen and oxygen atoms in total. The van der Waals surface area contributed by atoms with E-state index in [1.54, 1.807) is 79.9 Å². The number of hydrogen-bond donors (Lipinski definition) is 1. The number of halogens is 1. The zero-order valence-electron chi connectivity index (χ0n) is 15.5. The third-order valence-electron chi connectivity index (χ3n) is 3.88. The maximum Gasteiger partial charge on any atom is 0.343 e. The Hall–Kier alpha value is -3.45. The molecule has 0 unspecified atom stereocenters. The number of ether oxygens (including phenoxy) is 2. The average Bonchev–Trinajstić information content (AvgIpc) is 2.74. The van der Waals surface area contributed by atoms with Crippen molar-refractivity contribution in [2.24, 2.45) is 5.10 Å². The number of esters is 1. The smallest absolute Gasteiger partial charge is 0.343 e. The summed E-state index contributed by atoms with van der Waals surface area (Å²) in [5, 5.41) is 3.95. The van der Waals surface area contributed by atoms with E-state index in [1.807, 2.05) is 0 Å². The van der Waals surface area contributed by atoms with Crippen LogP contribution >= 0.6 is 15.9 Å². The van der Waals surface area contributed by atoms with Gasteiger partial charge in [-0.3, -0.25) is 4.79 Å². The fraction of sp³-hybridized carbons (Fsp3) is 0.0455. The van der Waals surface area contributed by atoms with Crippen molar-refractivity contribution in [1.29, 1.82) is 0 Å². The van der Waals surface area contributed by atoms with Crippen LogP contribution in [0.15, 0.2) is 82.4 Å². The molecule has 0 saturated carbocycles. The van der Waals surface area contributed by atoms with Gasteiger partial charge in [-0.05, 0) is 66.2 Å². The van der Waals surface area contributed by atoms with Crippen LogP contribution in [0, 0.1) is 0 Å². The fourth-order valence-electron chi connectivity index (χ4n) is 2.38. The van der Waals surface area contributed by atoms with Gasteiger partial charge in [-0.2, -0.15) is 5.10 Å². The van der Waals surface area contributed by atoms with Gasteiger partial charge in [-0.1, -0.05) is 28.1 Å². The Labute approximate surface area is 176 Å². The lowest BCUT2D eigenvalue weighted by Gasteiger charge is -2.06. The minimum absolute atomic E-state index is 0.323. The Morgan fingerprint density at radius 1 is 0.931 bits per heavy atom. The third kappa shape index (κ3) is 5.76. The largest absolute Gasteiger partial charge is 0.497 e. The van der Waals surface area contributed by atoms with E-state index in [9.17, 15) is 9.59 Å². The summed E-state index contributed by atoms with van der Waals surface area (Å²) in [5.74, 6) is 0.222. The van der Waals surface area contributed by atoms with Crippen LogP contribution in [0.1, 0.15) is 26.3 Å². The molecular weight excluding hydrogens is 436 g/mol. The van der Waals surface area contributed by atoms with E-state index in [0.717, 1.165) is 4.47 Å². The second-order valence-corrected chi connectivity index (χ2v) is 6.81. The van der Waals surface area contributed by atoms with Crippen molar-refractivity contribution in [2.75, 3.05) is 7.11 Å². The molecule has 0 aliphatic rings. The lowest BCUT2D eigenvalue weighted by atomic mass is 10.2. The summed E-state index contributed by atoms with van der Waals surface area (Å²) < 4.78 is 11.3. The number of amides is 1. The predicted molar refractivity (Wildman–Crippen MR) is 114 cm³/mol. The summed E-state index contributed by atoms with van der Waals surface area (Å²) in [7, 11) is 1.56. The first kappa shape index (κ1) is 20.3. The molecule has 0 fully saturated rings. The lowest BCUT2D eigenvalue weighted by molar-refractivity contribution is 0.0734. The van der Waals surface area contributed by atoms with Crippen LogP contribution in [0.3, 0.4) is 0 Å². The van der Waals surface area contributed by atoms with Crippen LogP contribution in [0.2, 0.25) is 0 Å². The molecule has 1 N–H and O–H groups in total. The molecule has 0 atom stereocenters. The highest BCUT2D eigenvalue weighted by Crippen LogP contribution is 2.16. The number of hydrogen-bond acceptors (Lipinski definition) is 5. The maximum absolute atomic E-state index is 12.3. The zero-order valence-corrected chi connectivity index (χ0v) is 17.0. The molecule has 3 aromatic rings. The third-order valence-corrected chi connectivity index (χ3v) is 4.41. The Morgan fingerprint density at radius 3 is 2.31 bits per heavy atom. The Kier molecular flexibility index (Phi) is 6.76. The molecule has 1 amide bonds. The van der Waals surface area contributed by atoms with Gasteiger partial charge in [0.25, 0.3) is 5.91 Å². The van der Waals surface area contributed by atoms with Crippen LogP contribution in [0.25, 0.3) is 0 Å². The van der Waals surface area contributed by atoms with Crippen molar-refractivity contribution in [1.82, 2.24) is 5.43 Å². The van der Waals surface area contributed by atoms with Crippen LogP contribution in [0.5, 0.6) is 11.5 Å². The number of carbonyl (C=O) groups is 2. The van der Waals surface area contributed by atoms with Crippen molar-refractivity contribution < 1.29 is 19.1 Å². The molecule has 0 aliphatic carbocycles. The van der Waals surface area contributed by atoms with Crippen molar-refractivity contribution in [2.45, 2.75) is 0 Å². The summed E-state index contributed by atoms with van der Waals surface area (Å²) in [6, 6.07) is 20.4. The summed E-state index contributed by atoms with van der Waals surface area (Å²) in [6.07, 6.45) is 1.47. The topological polar surface area (TPSA) is 77.0 Å². The molecule has 0 heterocycles. The van der Waals surface area contributed by atoms with Gasteiger partial charge in [0.1, 0.15) is 11.5 Å². The summed E-state index contributed by atoms with van der Waals surface area (Å²) >= 11 is 3.32. The molecule has 0 radical (unpaired) electrons. The predicted octanol–water partition coefficient (Wildman–Crippen LogP) is 4.44. The van der Waals surface area contributed by atoms with Crippen LogP contribution < -0.4 is 14.9 Å². The van der Waals surface area contributed by atoms with E-state index in [4.69, 9.17) is 9.47 Å². The van der Waals surface area contributed by atoms with Gasteiger partial charge in [0.2, 0.25) is 0 Å². The lowest BCUT2D eigenvalue weighted by Crippen LogP contribution is -2.17. The van der Waals surface area contributed by atoms with Gasteiger partial charge in [0.15, 0.2) is 0 Å². The molecule has 0 spiro atoms. The molecule has 0 aliphatic heterocycles. The highest BCUT2D eigenvalue weighted by Gasteiger charge is 2.09. The first-order valence-electron chi connectivity index (χ1n) is 8.60.